The Hall–Kier alpha value is 0.270. The molecular weight excluding hydrogens is 182 g/mol. The van der Waals surface area contributed by atoms with Gasteiger partial charge in [0, 0.05) is 18.6 Å². The lowest BCUT2D eigenvalue weighted by molar-refractivity contribution is 0.0492. The van der Waals surface area contributed by atoms with E-state index in [2.05, 4.69) is 24.0 Å². The maximum Gasteiger partial charge on any atom is 0.0584 e. The van der Waals surface area contributed by atoms with Crippen LogP contribution in [0.25, 0.3) is 0 Å². The van der Waals surface area contributed by atoms with Crippen LogP contribution >= 0.6 is 11.8 Å². The topological polar surface area (TPSA) is 21.3 Å². The summed E-state index contributed by atoms with van der Waals surface area (Å²) in [5.41, 5.74) is 0. The molecule has 2 rings (SSSR count). The highest BCUT2D eigenvalue weighted by atomic mass is 32.2. The van der Waals surface area contributed by atoms with E-state index in [-0.39, 0.29) is 0 Å². The van der Waals surface area contributed by atoms with Gasteiger partial charge < -0.3 is 10.1 Å². The summed E-state index contributed by atoms with van der Waals surface area (Å²) >= 11 is 2.08. The van der Waals surface area contributed by atoms with Gasteiger partial charge in [0.15, 0.2) is 0 Å². The van der Waals surface area contributed by atoms with Crippen LogP contribution in [0.3, 0.4) is 0 Å². The van der Waals surface area contributed by atoms with E-state index in [1.54, 1.807) is 0 Å². The van der Waals surface area contributed by atoms with Gasteiger partial charge >= 0.3 is 0 Å². The summed E-state index contributed by atoms with van der Waals surface area (Å²) < 4.78 is 5.52. The molecule has 0 aromatic carbocycles. The second-order valence-electron chi connectivity index (χ2n) is 4.13. The Balaban J connectivity index is 1.83. The number of rotatable bonds is 1. The van der Waals surface area contributed by atoms with Gasteiger partial charge in [-0.15, -0.1) is 11.8 Å². The van der Waals surface area contributed by atoms with E-state index in [1.165, 1.54) is 25.0 Å². The molecule has 2 saturated heterocycles. The Labute approximate surface area is 84.8 Å². The molecule has 3 heteroatoms. The predicted octanol–water partition coefficient (Wildman–Crippen LogP) is 1.85. The fourth-order valence-electron chi connectivity index (χ4n) is 2.06. The fourth-order valence-corrected chi connectivity index (χ4v) is 3.62. The van der Waals surface area contributed by atoms with Crippen molar-refractivity contribution in [3.63, 3.8) is 0 Å². The monoisotopic (exact) mass is 201 g/mol. The van der Waals surface area contributed by atoms with Crippen molar-refractivity contribution in [3.8, 4) is 0 Å². The molecule has 1 N–H and O–H groups in total. The summed E-state index contributed by atoms with van der Waals surface area (Å²) in [6, 6.07) is 0.702. The van der Waals surface area contributed by atoms with Crippen LogP contribution in [-0.2, 0) is 4.74 Å². The molecule has 13 heavy (non-hydrogen) atoms. The summed E-state index contributed by atoms with van der Waals surface area (Å²) in [5.74, 6) is 2.07. The van der Waals surface area contributed by atoms with Crippen molar-refractivity contribution in [2.45, 2.75) is 37.6 Å². The highest BCUT2D eigenvalue weighted by Crippen LogP contribution is 2.29. The van der Waals surface area contributed by atoms with Crippen LogP contribution in [0.1, 0.15) is 26.2 Å². The molecule has 0 spiro atoms. The number of ether oxygens (including phenoxy) is 1. The quantitative estimate of drug-likeness (QED) is 0.699. The smallest absolute Gasteiger partial charge is 0.0584 e. The third kappa shape index (κ3) is 2.61. The molecule has 0 saturated carbocycles. The van der Waals surface area contributed by atoms with Crippen molar-refractivity contribution >= 4 is 11.8 Å². The lowest BCUT2D eigenvalue weighted by atomic mass is 10.0. The third-order valence-corrected chi connectivity index (χ3v) is 4.27. The lowest BCUT2D eigenvalue weighted by Crippen LogP contribution is -2.45. The van der Waals surface area contributed by atoms with Gasteiger partial charge in [0.25, 0.3) is 0 Å². The molecule has 2 heterocycles. The maximum atomic E-state index is 5.52. The Morgan fingerprint density at radius 1 is 1.38 bits per heavy atom. The fraction of sp³-hybridized carbons (Fsp3) is 1.00. The van der Waals surface area contributed by atoms with Crippen molar-refractivity contribution in [1.29, 1.82) is 0 Å². The first-order chi connectivity index (χ1) is 6.36. The minimum absolute atomic E-state index is 0.657. The molecule has 2 fully saturated rings. The van der Waals surface area contributed by atoms with E-state index < -0.39 is 0 Å². The SMILES string of the molecule is CC1CCSC(C2CCCOC2)N1. The van der Waals surface area contributed by atoms with Crippen LogP contribution in [0.4, 0.5) is 0 Å². The van der Waals surface area contributed by atoms with Crippen LogP contribution in [0.15, 0.2) is 0 Å². The second kappa shape index (κ2) is 4.67. The Bertz CT molecular complexity index is 159. The van der Waals surface area contributed by atoms with Crippen LogP contribution in [-0.4, -0.2) is 30.4 Å². The van der Waals surface area contributed by atoms with Crippen molar-refractivity contribution in [2.24, 2.45) is 5.92 Å². The molecule has 3 atom stereocenters. The first-order valence-electron chi connectivity index (χ1n) is 5.31. The van der Waals surface area contributed by atoms with Crippen LogP contribution in [0.2, 0.25) is 0 Å². The zero-order valence-electron chi connectivity index (χ0n) is 8.29. The number of hydrogen-bond donors (Lipinski definition) is 1. The van der Waals surface area contributed by atoms with Crippen molar-refractivity contribution in [1.82, 2.24) is 5.32 Å². The average Bonchev–Trinajstić information content (AvgIpc) is 2.19. The van der Waals surface area contributed by atoms with Gasteiger partial charge in [-0.1, -0.05) is 0 Å². The van der Waals surface area contributed by atoms with Crippen molar-refractivity contribution in [3.05, 3.63) is 0 Å². The molecular formula is C10H19NOS. The second-order valence-corrected chi connectivity index (χ2v) is 5.37. The lowest BCUT2D eigenvalue weighted by Gasteiger charge is -2.35. The highest BCUT2D eigenvalue weighted by Gasteiger charge is 2.27. The van der Waals surface area contributed by atoms with E-state index >= 15 is 0 Å². The summed E-state index contributed by atoms with van der Waals surface area (Å²) in [6.45, 7) is 4.23. The van der Waals surface area contributed by atoms with Gasteiger partial charge in [-0.2, -0.15) is 0 Å². The molecule has 2 aliphatic rings. The Morgan fingerprint density at radius 3 is 3.00 bits per heavy atom. The van der Waals surface area contributed by atoms with Gasteiger partial charge in [-0.3, -0.25) is 0 Å². The molecule has 2 aliphatic heterocycles. The number of hydrogen-bond acceptors (Lipinski definition) is 3. The Morgan fingerprint density at radius 2 is 2.31 bits per heavy atom. The van der Waals surface area contributed by atoms with Crippen LogP contribution in [0, 0.1) is 5.92 Å². The minimum Gasteiger partial charge on any atom is -0.381 e. The van der Waals surface area contributed by atoms with Crippen molar-refractivity contribution in [2.75, 3.05) is 19.0 Å². The highest BCUT2D eigenvalue weighted by molar-refractivity contribution is 7.99. The van der Waals surface area contributed by atoms with Crippen molar-refractivity contribution < 1.29 is 4.74 Å². The maximum absolute atomic E-state index is 5.52. The third-order valence-electron chi connectivity index (χ3n) is 2.92. The van der Waals surface area contributed by atoms with E-state index in [0.717, 1.165) is 19.1 Å². The number of thioether (sulfide) groups is 1. The minimum atomic E-state index is 0.657. The molecule has 0 aromatic heterocycles. The standard InChI is InChI=1S/C10H19NOS/c1-8-4-6-13-10(11-8)9-3-2-5-12-7-9/h8-11H,2-7H2,1H3. The van der Waals surface area contributed by atoms with Gasteiger partial charge in [0.1, 0.15) is 0 Å². The molecule has 0 radical (unpaired) electrons. The Kier molecular flexibility index (Phi) is 3.52. The van der Waals surface area contributed by atoms with E-state index in [0.29, 0.717) is 11.4 Å². The summed E-state index contributed by atoms with van der Waals surface area (Å²) in [7, 11) is 0. The molecule has 0 amide bonds. The predicted molar refractivity (Wildman–Crippen MR) is 57.0 cm³/mol. The average molecular weight is 201 g/mol. The zero-order chi connectivity index (χ0) is 9.10. The van der Waals surface area contributed by atoms with E-state index in [1.807, 2.05) is 0 Å². The molecule has 0 aliphatic carbocycles. The summed E-state index contributed by atoms with van der Waals surface area (Å²) in [6.07, 6.45) is 3.91. The van der Waals surface area contributed by atoms with Gasteiger partial charge in [-0.25, -0.2) is 0 Å². The van der Waals surface area contributed by atoms with Gasteiger partial charge in [0.05, 0.1) is 12.0 Å². The van der Waals surface area contributed by atoms with Crippen LogP contribution < -0.4 is 5.32 Å². The van der Waals surface area contributed by atoms with Gasteiger partial charge in [-0.05, 0) is 31.9 Å². The summed E-state index contributed by atoms with van der Waals surface area (Å²) in [5, 5.41) is 4.33. The van der Waals surface area contributed by atoms with Gasteiger partial charge in [0.2, 0.25) is 0 Å². The normalized spacial score (nSPS) is 41.8. The molecule has 3 unspecified atom stereocenters. The molecule has 0 bridgehead atoms. The molecule has 2 nitrogen and oxygen atoms in total. The largest absolute Gasteiger partial charge is 0.381 e. The first-order valence-corrected chi connectivity index (χ1v) is 6.36. The zero-order valence-corrected chi connectivity index (χ0v) is 9.11. The molecule has 76 valence electrons. The summed E-state index contributed by atoms with van der Waals surface area (Å²) in [4.78, 5) is 0. The first kappa shape index (κ1) is 9.81. The van der Waals surface area contributed by atoms with E-state index in [4.69, 9.17) is 4.74 Å². The van der Waals surface area contributed by atoms with E-state index in [9.17, 15) is 0 Å². The number of nitrogens with one attached hydrogen (secondary N) is 1. The van der Waals surface area contributed by atoms with Crippen LogP contribution in [0.5, 0.6) is 0 Å². The molecule has 0 aromatic rings.